The molecule has 3 heterocycles. The Balaban J connectivity index is 1.38. The molecule has 1 aliphatic carbocycles. The summed E-state index contributed by atoms with van der Waals surface area (Å²) >= 11 is 2.35. The van der Waals surface area contributed by atoms with E-state index in [-0.39, 0.29) is 34.4 Å². The standard InChI is InChI=1S/C26H21N7O4S2/c27-11-17-21(15-5-3-9-29-12-15)22-18(7-2-8-19(22)34)33(23(17)28)25-31-32-26(39-25)38-13-20(35)30-16-6-1-4-14(10-16)24(36)37/h1,3-6,9-10,12,21H,2,7-8,13,28H2,(H,30,35)(H,36,37). The number of nitrogens with two attached hydrogens (primary N) is 1. The number of amides is 1. The molecule has 0 saturated heterocycles. The van der Waals surface area contributed by atoms with E-state index in [1.165, 1.54) is 23.5 Å². The molecule has 5 rings (SSSR count). The quantitative estimate of drug-likeness (QED) is 0.360. The molecule has 1 aliphatic heterocycles. The van der Waals surface area contributed by atoms with Crippen LogP contribution < -0.4 is 16.0 Å². The number of nitrogens with one attached hydrogen (secondary N) is 1. The highest BCUT2D eigenvalue weighted by Gasteiger charge is 2.41. The number of aromatic carboxylic acids is 1. The van der Waals surface area contributed by atoms with Gasteiger partial charge in [0.2, 0.25) is 11.0 Å². The fraction of sp³-hybridized carbons (Fsp3) is 0.192. The van der Waals surface area contributed by atoms with E-state index in [4.69, 9.17) is 10.8 Å². The van der Waals surface area contributed by atoms with Crippen molar-refractivity contribution in [2.75, 3.05) is 16.0 Å². The molecule has 1 amide bonds. The van der Waals surface area contributed by atoms with Crippen LogP contribution >= 0.6 is 23.1 Å². The Labute approximate surface area is 231 Å². The molecule has 2 aromatic heterocycles. The van der Waals surface area contributed by atoms with E-state index < -0.39 is 11.9 Å². The van der Waals surface area contributed by atoms with E-state index in [1.54, 1.807) is 35.5 Å². The summed E-state index contributed by atoms with van der Waals surface area (Å²) in [5, 5.41) is 30.7. The minimum Gasteiger partial charge on any atom is -0.478 e. The topological polar surface area (TPSA) is 175 Å². The van der Waals surface area contributed by atoms with Crippen molar-refractivity contribution in [3.05, 3.63) is 82.6 Å². The lowest BCUT2D eigenvalue weighted by molar-refractivity contribution is -0.116. The number of allylic oxidation sites excluding steroid dienone is 3. The molecule has 196 valence electrons. The molecular formula is C26H21N7O4S2. The van der Waals surface area contributed by atoms with Crippen molar-refractivity contribution in [3.8, 4) is 6.07 Å². The number of carboxylic acids is 1. The second kappa shape index (κ2) is 11.1. The number of Topliss-reactive ketones (excluding diaryl/α,β-unsaturated/α-hetero) is 1. The summed E-state index contributed by atoms with van der Waals surface area (Å²) in [6.07, 6.45) is 4.87. The molecule has 39 heavy (non-hydrogen) atoms. The van der Waals surface area contributed by atoms with Crippen molar-refractivity contribution < 1.29 is 19.5 Å². The number of hydrogen-bond acceptors (Lipinski definition) is 11. The lowest BCUT2D eigenvalue weighted by atomic mass is 9.76. The number of hydrogen-bond donors (Lipinski definition) is 3. The van der Waals surface area contributed by atoms with E-state index in [0.29, 0.717) is 51.3 Å². The summed E-state index contributed by atoms with van der Waals surface area (Å²) in [6, 6.07) is 11.7. The Kier molecular flexibility index (Phi) is 7.40. The van der Waals surface area contributed by atoms with Crippen LogP contribution in [0.15, 0.2) is 75.8 Å². The molecular weight excluding hydrogens is 538 g/mol. The highest BCUT2D eigenvalue weighted by Crippen LogP contribution is 2.46. The van der Waals surface area contributed by atoms with Crippen LogP contribution in [0.25, 0.3) is 0 Å². The molecule has 0 fully saturated rings. The number of aromatic nitrogens is 3. The lowest BCUT2D eigenvalue weighted by Gasteiger charge is -2.37. The number of rotatable bonds is 7. The number of carbonyl (C=O) groups excluding carboxylic acids is 2. The van der Waals surface area contributed by atoms with Crippen molar-refractivity contribution >= 4 is 51.6 Å². The smallest absolute Gasteiger partial charge is 0.335 e. The van der Waals surface area contributed by atoms with Gasteiger partial charge >= 0.3 is 5.97 Å². The second-order valence-electron chi connectivity index (χ2n) is 8.68. The highest BCUT2D eigenvalue weighted by molar-refractivity contribution is 8.01. The van der Waals surface area contributed by atoms with Crippen LogP contribution in [-0.4, -0.2) is 43.7 Å². The first-order valence-electron chi connectivity index (χ1n) is 11.8. The van der Waals surface area contributed by atoms with Crippen molar-refractivity contribution in [3.63, 3.8) is 0 Å². The maximum atomic E-state index is 13.2. The van der Waals surface area contributed by atoms with Gasteiger partial charge in [-0.2, -0.15) is 5.26 Å². The number of ketones is 1. The van der Waals surface area contributed by atoms with Crippen LogP contribution in [0.4, 0.5) is 10.8 Å². The third-order valence-electron chi connectivity index (χ3n) is 6.24. The van der Waals surface area contributed by atoms with Crippen LogP contribution in [0, 0.1) is 11.3 Å². The van der Waals surface area contributed by atoms with Gasteiger partial charge < -0.3 is 16.2 Å². The Morgan fingerprint density at radius 3 is 2.85 bits per heavy atom. The average molecular weight is 560 g/mol. The Bertz CT molecular complexity index is 1580. The van der Waals surface area contributed by atoms with E-state index in [1.807, 2.05) is 6.07 Å². The zero-order chi connectivity index (χ0) is 27.5. The van der Waals surface area contributed by atoms with Gasteiger partial charge in [0, 0.05) is 35.8 Å². The maximum absolute atomic E-state index is 13.2. The van der Waals surface area contributed by atoms with Gasteiger partial charge in [-0.05, 0) is 42.7 Å². The molecule has 0 radical (unpaired) electrons. The van der Waals surface area contributed by atoms with Crippen LogP contribution in [0.1, 0.15) is 41.1 Å². The number of thioether (sulfide) groups is 1. The Morgan fingerprint density at radius 2 is 2.10 bits per heavy atom. The summed E-state index contributed by atoms with van der Waals surface area (Å²) < 4.78 is 0.490. The van der Waals surface area contributed by atoms with Gasteiger partial charge in [0.05, 0.1) is 28.9 Å². The van der Waals surface area contributed by atoms with Crippen LogP contribution in [-0.2, 0) is 9.59 Å². The van der Waals surface area contributed by atoms with Crippen molar-refractivity contribution in [2.24, 2.45) is 5.73 Å². The first-order chi connectivity index (χ1) is 18.9. The maximum Gasteiger partial charge on any atom is 0.335 e. The zero-order valence-corrected chi connectivity index (χ0v) is 22.0. The third-order valence-corrected chi connectivity index (χ3v) is 8.28. The number of carbonyl (C=O) groups is 3. The molecule has 3 aromatic rings. The van der Waals surface area contributed by atoms with Crippen LogP contribution in [0.3, 0.4) is 0 Å². The second-order valence-corrected chi connectivity index (χ2v) is 10.9. The van der Waals surface area contributed by atoms with E-state index in [9.17, 15) is 19.6 Å². The minimum atomic E-state index is -1.09. The molecule has 4 N–H and O–H groups in total. The molecule has 0 spiro atoms. The van der Waals surface area contributed by atoms with Gasteiger partial charge in [0.25, 0.3) is 0 Å². The largest absolute Gasteiger partial charge is 0.478 e. The van der Waals surface area contributed by atoms with Crippen molar-refractivity contribution in [2.45, 2.75) is 29.5 Å². The van der Waals surface area contributed by atoms with Crippen molar-refractivity contribution in [1.29, 1.82) is 5.26 Å². The van der Waals surface area contributed by atoms with Gasteiger partial charge in [0.1, 0.15) is 5.82 Å². The lowest BCUT2D eigenvalue weighted by Crippen LogP contribution is -2.38. The van der Waals surface area contributed by atoms with Crippen molar-refractivity contribution in [1.82, 2.24) is 15.2 Å². The van der Waals surface area contributed by atoms with Gasteiger partial charge in [-0.25, -0.2) is 4.79 Å². The summed E-state index contributed by atoms with van der Waals surface area (Å²) in [5.41, 5.74) is 9.15. The van der Waals surface area contributed by atoms with Crippen LogP contribution in [0.2, 0.25) is 0 Å². The number of nitriles is 1. The monoisotopic (exact) mass is 559 g/mol. The molecule has 1 atom stereocenters. The highest BCUT2D eigenvalue weighted by atomic mass is 32.2. The number of nitrogens with zero attached hydrogens (tertiary/aromatic N) is 5. The predicted molar refractivity (Wildman–Crippen MR) is 145 cm³/mol. The number of anilines is 2. The summed E-state index contributed by atoms with van der Waals surface area (Å²) in [7, 11) is 0. The number of benzene rings is 1. The summed E-state index contributed by atoms with van der Waals surface area (Å²) in [6.45, 7) is 0. The first-order valence-corrected chi connectivity index (χ1v) is 13.6. The fourth-order valence-corrected chi connectivity index (χ4v) is 6.27. The Hall–Kier alpha value is -4.54. The molecule has 1 unspecified atom stereocenters. The molecule has 13 heteroatoms. The Morgan fingerprint density at radius 1 is 1.26 bits per heavy atom. The summed E-state index contributed by atoms with van der Waals surface area (Å²) in [5.74, 6) is -1.88. The normalized spacial score (nSPS) is 17.1. The van der Waals surface area contributed by atoms with E-state index >= 15 is 0 Å². The SMILES string of the molecule is N#CC1=C(N)N(c2nnc(SCC(=O)Nc3cccc(C(=O)O)c3)s2)C2=C(C(=O)CCC2)C1c1cccnc1. The summed E-state index contributed by atoms with van der Waals surface area (Å²) in [4.78, 5) is 42.6. The van der Waals surface area contributed by atoms with E-state index in [2.05, 4.69) is 26.6 Å². The first kappa shape index (κ1) is 26.1. The van der Waals surface area contributed by atoms with E-state index in [0.717, 1.165) is 11.8 Å². The van der Waals surface area contributed by atoms with Gasteiger partial charge in [-0.15, -0.1) is 10.2 Å². The van der Waals surface area contributed by atoms with Gasteiger partial charge in [0.15, 0.2) is 10.1 Å². The molecule has 0 saturated carbocycles. The average Bonchev–Trinajstić information content (AvgIpc) is 3.40. The van der Waals surface area contributed by atoms with Gasteiger partial charge in [-0.3, -0.25) is 19.5 Å². The molecule has 0 bridgehead atoms. The zero-order valence-electron chi connectivity index (χ0n) is 20.3. The fourth-order valence-electron chi connectivity index (χ4n) is 4.59. The van der Waals surface area contributed by atoms with Gasteiger partial charge in [-0.1, -0.05) is 35.2 Å². The minimum absolute atomic E-state index is 0.0101. The predicted octanol–water partition coefficient (Wildman–Crippen LogP) is 3.67. The number of carboxylic acid groups (broad SMARTS) is 1. The molecule has 11 nitrogen and oxygen atoms in total. The molecule has 1 aromatic carbocycles. The molecule has 2 aliphatic rings. The van der Waals surface area contributed by atoms with Crippen LogP contribution in [0.5, 0.6) is 0 Å². The third kappa shape index (κ3) is 5.25. The number of pyridine rings is 1.